The number of nitrogens with zero attached hydrogens (tertiary/aromatic N) is 3. The summed E-state index contributed by atoms with van der Waals surface area (Å²) in [4.78, 5) is 6.94. The summed E-state index contributed by atoms with van der Waals surface area (Å²) in [6.07, 6.45) is 8.63. The molecule has 1 N–H and O–H groups in total. The molecule has 1 saturated heterocycles. The van der Waals surface area contributed by atoms with Gasteiger partial charge >= 0.3 is 0 Å². The molecule has 116 valence electrons. The summed E-state index contributed by atoms with van der Waals surface area (Å²) >= 11 is 0. The first-order valence-electron chi connectivity index (χ1n) is 8.42. The summed E-state index contributed by atoms with van der Waals surface area (Å²) in [5, 5.41) is 14.0. The van der Waals surface area contributed by atoms with E-state index in [1.807, 2.05) is 0 Å². The number of hydrogen-bond donors (Lipinski definition) is 1. The van der Waals surface area contributed by atoms with E-state index in [4.69, 9.17) is 4.52 Å². The Bertz CT molecular complexity index is 495. The normalized spacial score (nSPS) is 30.7. The average molecular weight is 291 g/mol. The Kier molecular flexibility index (Phi) is 3.50. The zero-order valence-corrected chi connectivity index (χ0v) is 12.6. The first kappa shape index (κ1) is 13.7. The van der Waals surface area contributed by atoms with Crippen LogP contribution in [0.25, 0.3) is 0 Å². The maximum atomic E-state index is 9.91. The molecule has 1 aromatic rings. The number of aliphatic hydroxyl groups excluding tert-OH is 1. The van der Waals surface area contributed by atoms with Gasteiger partial charge in [-0.15, -0.1) is 0 Å². The molecule has 5 heteroatoms. The van der Waals surface area contributed by atoms with Crippen LogP contribution in [-0.4, -0.2) is 39.8 Å². The predicted molar refractivity (Wildman–Crippen MR) is 77.6 cm³/mol. The Morgan fingerprint density at radius 1 is 1.29 bits per heavy atom. The Morgan fingerprint density at radius 3 is 2.86 bits per heavy atom. The van der Waals surface area contributed by atoms with E-state index in [9.17, 15) is 5.11 Å². The zero-order valence-electron chi connectivity index (χ0n) is 12.6. The summed E-state index contributed by atoms with van der Waals surface area (Å²) in [6, 6.07) is 0. The van der Waals surface area contributed by atoms with Crippen LogP contribution >= 0.6 is 0 Å². The average Bonchev–Trinajstić information content (AvgIpc) is 3.41. The van der Waals surface area contributed by atoms with E-state index in [0.29, 0.717) is 12.5 Å². The van der Waals surface area contributed by atoms with Crippen LogP contribution in [0.4, 0.5) is 0 Å². The van der Waals surface area contributed by atoms with E-state index >= 15 is 0 Å². The molecule has 0 aromatic carbocycles. The molecule has 2 saturated carbocycles. The van der Waals surface area contributed by atoms with Crippen molar-refractivity contribution in [2.24, 2.45) is 11.3 Å². The lowest BCUT2D eigenvalue weighted by Crippen LogP contribution is -2.45. The van der Waals surface area contributed by atoms with Crippen LogP contribution in [0.15, 0.2) is 4.52 Å². The molecule has 4 rings (SSSR count). The Hall–Kier alpha value is -0.940. The fraction of sp³-hybridized carbons (Fsp3) is 0.875. The minimum atomic E-state index is 0.114. The quantitative estimate of drug-likeness (QED) is 0.871. The molecule has 3 fully saturated rings. The third-order valence-electron chi connectivity index (χ3n) is 5.27. The van der Waals surface area contributed by atoms with E-state index in [0.717, 1.165) is 43.7 Å². The van der Waals surface area contributed by atoms with Gasteiger partial charge in [0.25, 0.3) is 0 Å². The van der Waals surface area contributed by atoms with Gasteiger partial charge in [0.05, 0.1) is 6.54 Å². The number of likely N-dealkylation sites (tertiary alicyclic amines) is 1. The zero-order chi connectivity index (χ0) is 14.3. The lowest BCUT2D eigenvalue weighted by atomic mass is 9.76. The standard InChI is InChI=1S/C16H25N3O2/c20-11-16(8-12-2-3-12)6-1-7-19(10-16)9-14-17-15(21-18-14)13-4-5-13/h12-13,20H,1-11H2/t16-/m1/s1. The van der Waals surface area contributed by atoms with Crippen molar-refractivity contribution in [3.05, 3.63) is 11.7 Å². The number of piperidine rings is 1. The molecule has 1 atom stereocenters. The Labute approximate surface area is 125 Å². The van der Waals surface area contributed by atoms with Gasteiger partial charge in [0, 0.05) is 24.5 Å². The molecule has 0 radical (unpaired) electrons. The minimum absolute atomic E-state index is 0.114. The maximum Gasteiger partial charge on any atom is 0.229 e. The highest BCUT2D eigenvalue weighted by Gasteiger charge is 2.40. The van der Waals surface area contributed by atoms with Gasteiger partial charge in [-0.3, -0.25) is 4.90 Å². The molecule has 2 heterocycles. The third-order valence-corrected chi connectivity index (χ3v) is 5.27. The maximum absolute atomic E-state index is 9.91. The first-order valence-corrected chi connectivity index (χ1v) is 8.42. The van der Waals surface area contributed by atoms with E-state index in [2.05, 4.69) is 15.0 Å². The second-order valence-electron chi connectivity index (χ2n) is 7.44. The molecule has 0 unspecified atom stereocenters. The number of rotatable bonds is 6. The van der Waals surface area contributed by atoms with Gasteiger partial charge < -0.3 is 9.63 Å². The van der Waals surface area contributed by atoms with Gasteiger partial charge in [-0.05, 0) is 44.6 Å². The van der Waals surface area contributed by atoms with Gasteiger partial charge in [-0.25, -0.2) is 0 Å². The molecule has 2 aliphatic carbocycles. The SMILES string of the molecule is OC[C@@]1(CC2CC2)CCCN(Cc2noc(C3CC3)n2)C1. The third kappa shape index (κ3) is 3.14. The van der Waals surface area contributed by atoms with Gasteiger partial charge in [-0.2, -0.15) is 4.98 Å². The van der Waals surface area contributed by atoms with Crippen molar-refractivity contribution in [2.75, 3.05) is 19.7 Å². The minimum Gasteiger partial charge on any atom is -0.396 e. The molecule has 1 aliphatic heterocycles. The van der Waals surface area contributed by atoms with Crippen molar-refractivity contribution in [1.82, 2.24) is 15.0 Å². The first-order chi connectivity index (χ1) is 10.3. The van der Waals surface area contributed by atoms with Gasteiger partial charge in [0.2, 0.25) is 5.89 Å². The van der Waals surface area contributed by atoms with Crippen LogP contribution in [0, 0.1) is 11.3 Å². The van der Waals surface area contributed by atoms with Crippen molar-refractivity contribution >= 4 is 0 Å². The van der Waals surface area contributed by atoms with Gasteiger partial charge in [0.1, 0.15) is 0 Å². The molecule has 0 bridgehead atoms. The van der Waals surface area contributed by atoms with Crippen molar-refractivity contribution < 1.29 is 9.63 Å². The van der Waals surface area contributed by atoms with E-state index in [1.165, 1.54) is 38.5 Å². The number of hydrogen-bond acceptors (Lipinski definition) is 5. The van der Waals surface area contributed by atoms with Crippen LogP contribution in [-0.2, 0) is 6.54 Å². The van der Waals surface area contributed by atoms with E-state index in [1.54, 1.807) is 0 Å². The monoisotopic (exact) mass is 291 g/mol. The largest absolute Gasteiger partial charge is 0.396 e. The Balaban J connectivity index is 1.39. The molecular formula is C16H25N3O2. The smallest absolute Gasteiger partial charge is 0.229 e. The van der Waals surface area contributed by atoms with Crippen LogP contribution in [0.2, 0.25) is 0 Å². The molecule has 0 spiro atoms. The topological polar surface area (TPSA) is 62.4 Å². The van der Waals surface area contributed by atoms with E-state index < -0.39 is 0 Å². The lowest BCUT2D eigenvalue weighted by Gasteiger charge is -2.41. The molecule has 3 aliphatic rings. The number of aromatic nitrogens is 2. The highest BCUT2D eigenvalue weighted by atomic mass is 16.5. The summed E-state index contributed by atoms with van der Waals surface area (Å²) in [7, 11) is 0. The van der Waals surface area contributed by atoms with Gasteiger partial charge in [0.15, 0.2) is 5.82 Å². The Morgan fingerprint density at radius 2 is 2.14 bits per heavy atom. The summed E-state index contributed by atoms with van der Waals surface area (Å²) < 4.78 is 5.35. The second kappa shape index (κ2) is 5.36. The number of aliphatic hydroxyl groups is 1. The molecular weight excluding hydrogens is 266 g/mol. The van der Waals surface area contributed by atoms with Crippen LogP contribution < -0.4 is 0 Å². The fourth-order valence-electron chi connectivity index (χ4n) is 3.77. The summed E-state index contributed by atoms with van der Waals surface area (Å²) in [5.41, 5.74) is 0.114. The molecule has 5 nitrogen and oxygen atoms in total. The van der Waals surface area contributed by atoms with Crippen LogP contribution in [0.3, 0.4) is 0 Å². The molecule has 21 heavy (non-hydrogen) atoms. The molecule has 0 amide bonds. The van der Waals surface area contributed by atoms with Gasteiger partial charge in [-0.1, -0.05) is 18.0 Å². The lowest BCUT2D eigenvalue weighted by molar-refractivity contribution is 0.0168. The summed E-state index contributed by atoms with van der Waals surface area (Å²) in [5.74, 6) is 3.04. The van der Waals surface area contributed by atoms with Crippen LogP contribution in [0.1, 0.15) is 62.6 Å². The second-order valence-corrected chi connectivity index (χ2v) is 7.44. The van der Waals surface area contributed by atoms with Crippen molar-refractivity contribution in [1.29, 1.82) is 0 Å². The fourth-order valence-corrected chi connectivity index (χ4v) is 3.77. The van der Waals surface area contributed by atoms with Crippen molar-refractivity contribution in [3.8, 4) is 0 Å². The summed E-state index contributed by atoms with van der Waals surface area (Å²) in [6.45, 7) is 3.15. The predicted octanol–water partition coefficient (Wildman–Crippen LogP) is 2.32. The highest BCUT2D eigenvalue weighted by Crippen LogP contribution is 2.44. The van der Waals surface area contributed by atoms with E-state index in [-0.39, 0.29) is 5.41 Å². The molecule has 1 aromatic heterocycles. The van der Waals surface area contributed by atoms with Crippen molar-refractivity contribution in [3.63, 3.8) is 0 Å². The van der Waals surface area contributed by atoms with Crippen molar-refractivity contribution in [2.45, 2.75) is 57.4 Å². The highest BCUT2D eigenvalue weighted by molar-refractivity contribution is 5.02. The van der Waals surface area contributed by atoms with Crippen LogP contribution in [0.5, 0.6) is 0 Å².